The highest BCUT2D eigenvalue weighted by molar-refractivity contribution is 9.09. The molecule has 1 N–H and O–H groups in total. The van der Waals surface area contributed by atoms with Crippen LogP contribution in [0.3, 0.4) is 0 Å². The van der Waals surface area contributed by atoms with E-state index in [4.69, 9.17) is 0 Å². The number of nitrogens with one attached hydrogen (secondary N) is 1. The number of likely N-dealkylation sites (tertiary alicyclic amines) is 1. The van der Waals surface area contributed by atoms with E-state index in [0.717, 1.165) is 31.4 Å². The van der Waals surface area contributed by atoms with Crippen LogP contribution in [0.1, 0.15) is 25.7 Å². The summed E-state index contributed by atoms with van der Waals surface area (Å²) in [4.78, 5) is 13.6. The molecule has 5 heteroatoms. The van der Waals surface area contributed by atoms with Gasteiger partial charge in [-0.1, -0.05) is 22.4 Å². The summed E-state index contributed by atoms with van der Waals surface area (Å²) in [6.45, 7) is 3.21. The van der Waals surface area contributed by atoms with Crippen molar-refractivity contribution in [1.82, 2.24) is 10.2 Å². The number of nitrogens with zero attached hydrogens (tertiary/aromatic N) is 1. The maximum atomic E-state index is 11.1. The van der Waals surface area contributed by atoms with Gasteiger partial charge in [0.25, 0.3) is 0 Å². The fourth-order valence-electron chi connectivity index (χ4n) is 2.80. The van der Waals surface area contributed by atoms with Gasteiger partial charge in [0.05, 0.1) is 7.11 Å². The summed E-state index contributed by atoms with van der Waals surface area (Å²) in [5, 5.41) is 3.99. The van der Waals surface area contributed by atoms with Crippen LogP contribution in [-0.4, -0.2) is 49.1 Å². The molecule has 0 aromatic rings. The standard InChI is InChI=1S/C12H21BrN2O2/c1-17-11(16)14-10-3-6-15(7-10)9-12(8-13)4-2-5-12/h10H,2-9H2,1H3,(H,14,16). The van der Waals surface area contributed by atoms with Crippen molar-refractivity contribution in [2.24, 2.45) is 5.41 Å². The van der Waals surface area contributed by atoms with Crippen molar-refractivity contribution in [3.05, 3.63) is 0 Å². The Morgan fingerprint density at radius 3 is 2.88 bits per heavy atom. The lowest BCUT2D eigenvalue weighted by molar-refractivity contribution is 0.103. The van der Waals surface area contributed by atoms with E-state index in [-0.39, 0.29) is 12.1 Å². The van der Waals surface area contributed by atoms with Gasteiger partial charge in [0.2, 0.25) is 0 Å². The fourth-order valence-corrected chi connectivity index (χ4v) is 3.54. The molecular formula is C12H21BrN2O2. The zero-order chi connectivity index (χ0) is 12.3. The first-order valence-electron chi connectivity index (χ1n) is 6.30. The molecule has 0 aromatic heterocycles. The maximum Gasteiger partial charge on any atom is 0.407 e. The number of carbonyl (C=O) groups excluding carboxylic acids is 1. The quantitative estimate of drug-likeness (QED) is 0.808. The molecule has 2 rings (SSSR count). The molecule has 1 unspecified atom stereocenters. The summed E-state index contributed by atoms with van der Waals surface area (Å²) in [5.74, 6) is 0. The average molecular weight is 305 g/mol. The molecule has 1 saturated heterocycles. The van der Waals surface area contributed by atoms with Crippen molar-refractivity contribution in [1.29, 1.82) is 0 Å². The molecule has 17 heavy (non-hydrogen) atoms. The molecule has 1 heterocycles. The predicted octanol–water partition coefficient (Wildman–Crippen LogP) is 1.98. The summed E-state index contributed by atoms with van der Waals surface area (Å²) >= 11 is 3.64. The summed E-state index contributed by atoms with van der Waals surface area (Å²) in [6.07, 6.45) is 4.76. The molecule has 98 valence electrons. The Morgan fingerprint density at radius 2 is 2.35 bits per heavy atom. The van der Waals surface area contributed by atoms with Gasteiger partial charge in [0.15, 0.2) is 0 Å². The molecule has 0 bridgehead atoms. The van der Waals surface area contributed by atoms with Crippen LogP contribution >= 0.6 is 15.9 Å². The molecule has 1 atom stereocenters. The second-order valence-electron chi connectivity index (χ2n) is 5.34. The van der Waals surface area contributed by atoms with E-state index in [9.17, 15) is 4.79 Å². The molecule has 0 spiro atoms. The zero-order valence-corrected chi connectivity index (χ0v) is 12.0. The monoisotopic (exact) mass is 304 g/mol. The molecule has 0 radical (unpaired) electrons. The number of halogens is 1. The van der Waals surface area contributed by atoms with E-state index >= 15 is 0 Å². The summed E-state index contributed by atoms with van der Waals surface area (Å²) < 4.78 is 4.63. The number of carbonyl (C=O) groups is 1. The van der Waals surface area contributed by atoms with Crippen LogP contribution in [-0.2, 0) is 4.74 Å². The molecule has 1 saturated carbocycles. The van der Waals surface area contributed by atoms with E-state index in [0.29, 0.717) is 5.41 Å². The summed E-state index contributed by atoms with van der Waals surface area (Å²) in [7, 11) is 1.41. The van der Waals surface area contributed by atoms with Gasteiger partial charge in [-0.05, 0) is 24.7 Å². The van der Waals surface area contributed by atoms with Gasteiger partial charge in [-0.3, -0.25) is 0 Å². The van der Waals surface area contributed by atoms with Crippen LogP contribution in [0.5, 0.6) is 0 Å². The molecular weight excluding hydrogens is 284 g/mol. The SMILES string of the molecule is COC(=O)NC1CCN(CC2(CBr)CCC2)C1. The Balaban J connectivity index is 1.76. The number of hydrogen-bond donors (Lipinski definition) is 1. The van der Waals surface area contributed by atoms with E-state index in [1.807, 2.05) is 0 Å². The Kier molecular flexibility index (Phi) is 4.31. The van der Waals surface area contributed by atoms with Gasteiger partial charge >= 0.3 is 6.09 Å². The van der Waals surface area contributed by atoms with Crippen LogP contribution in [0, 0.1) is 5.41 Å². The number of hydrogen-bond acceptors (Lipinski definition) is 3. The van der Waals surface area contributed by atoms with Gasteiger partial charge in [0.1, 0.15) is 0 Å². The predicted molar refractivity (Wildman–Crippen MR) is 70.5 cm³/mol. The second-order valence-corrected chi connectivity index (χ2v) is 5.90. The number of rotatable bonds is 4. The van der Waals surface area contributed by atoms with Crippen LogP contribution in [0.4, 0.5) is 4.79 Å². The van der Waals surface area contributed by atoms with Crippen LogP contribution < -0.4 is 5.32 Å². The second kappa shape index (κ2) is 5.57. The van der Waals surface area contributed by atoms with Crippen LogP contribution in [0.2, 0.25) is 0 Å². The third-order valence-corrected chi connectivity index (χ3v) is 5.23. The minimum atomic E-state index is -0.310. The highest BCUT2D eigenvalue weighted by Gasteiger charge is 2.39. The van der Waals surface area contributed by atoms with E-state index < -0.39 is 0 Å². The van der Waals surface area contributed by atoms with Crippen molar-refractivity contribution in [2.75, 3.05) is 32.1 Å². The summed E-state index contributed by atoms with van der Waals surface area (Å²) in [5.41, 5.74) is 0.500. The molecule has 2 fully saturated rings. The van der Waals surface area contributed by atoms with E-state index in [1.54, 1.807) is 0 Å². The fraction of sp³-hybridized carbons (Fsp3) is 0.917. The largest absolute Gasteiger partial charge is 0.453 e. The Morgan fingerprint density at radius 1 is 1.59 bits per heavy atom. The lowest BCUT2D eigenvalue weighted by atomic mass is 9.70. The highest BCUT2D eigenvalue weighted by Crippen LogP contribution is 2.43. The summed E-state index contributed by atoms with van der Waals surface area (Å²) in [6, 6.07) is 0.259. The number of ether oxygens (including phenoxy) is 1. The first-order chi connectivity index (χ1) is 8.17. The Labute approximate surface area is 111 Å². The number of alkyl halides is 1. The minimum absolute atomic E-state index is 0.259. The lowest BCUT2D eigenvalue weighted by Gasteiger charge is -2.43. The number of methoxy groups -OCH3 is 1. The van der Waals surface area contributed by atoms with E-state index in [2.05, 4.69) is 30.9 Å². The van der Waals surface area contributed by atoms with Crippen LogP contribution in [0.15, 0.2) is 0 Å². The number of amides is 1. The molecule has 1 aliphatic heterocycles. The minimum Gasteiger partial charge on any atom is -0.453 e. The zero-order valence-electron chi connectivity index (χ0n) is 10.4. The highest BCUT2D eigenvalue weighted by atomic mass is 79.9. The first-order valence-corrected chi connectivity index (χ1v) is 7.42. The lowest BCUT2D eigenvalue weighted by Crippen LogP contribution is -2.44. The van der Waals surface area contributed by atoms with Gasteiger partial charge in [0, 0.05) is 31.0 Å². The van der Waals surface area contributed by atoms with Crippen molar-refractivity contribution in [2.45, 2.75) is 31.7 Å². The number of alkyl carbamates (subject to hydrolysis) is 1. The van der Waals surface area contributed by atoms with Gasteiger partial charge < -0.3 is 15.0 Å². The topological polar surface area (TPSA) is 41.6 Å². The van der Waals surface area contributed by atoms with Crippen LogP contribution in [0.25, 0.3) is 0 Å². The maximum absolute atomic E-state index is 11.1. The van der Waals surface area contributed by atoms with Gasteiger partial charge in [-0.2, -0.15) is 0 Å². The normalized spacial score (nSPS) is 27.5. The third kappa shape index (κ3) is 3.13. The average Bonchev–Trinajstić information content (AvgIpc) is 2.71. The third-order valence-electron chi connectivity index (χ3n) is 4.04. The molecule has 1 amide bonds. The van der Waals surface area contributed by atoms with Crippen molar-refractivity contribution >= 4 is 22.0 Å². The Hall–Kier alpha value is -0.290. The van der Waals surface area contributed by atoms with Crippen molar-refractivity contribution < 1.29 is 9.53 Å². The molecule has 1 aliphatic carbocycles. The smallest absolute Gasteiger partial charge is 0.407 e. The van der Waals surface area contributed by atoms with Crippen molar-refractivity contribution in [3.63, 3.8) is 0 Å². The molecule has 2 aliphatic rings. The first kappa shape index (κ1) is 13.1. The molecule has 4 nitrogen and oxygen atoms in total. The van der Waals surface area contributed by atoms with Crippen molar-refractivity contribution in [3.8, 4) is 0 Å². The van der Waals surface area contributed by atoms with Gasteiger partial charge in [-0.25, -0.2) is 4.79 Å². The van der Waals surface area contributed by atoms with Gasteiger partial charge in [-0.15, -0.1) is 0 Å². The molecule has 0 aromatic carbocycles. The van der Waals surface area contributed by atoms with E-state index in [1.165, 1.54) is 26.4 Å². The Bertz CT molecular complexity index is 276.